The van der Waals surface area contributed by atoms with E-state index >= 15 is 0 Å². The van der Waals surface area contributed by atoms with Gasteiger partial charge in [-0.25, -0.2) is 0 Å². The minimum atomic E-state index is -0.776. The molecule has 5 heteroatoms. The highest BCUT2D eigenvalue weighted by Crippen LogP contribution is 2.13. The molecule has 4 nitrogen and oxygen atoms in total. The number of hydrogen-bond acceptors (Lipinski definition) is 4. The second kappa shape index (κ2) is 8.17. The summed E-state index contributed by atoms with van der Waals surface area (Å²) in [6.45, 7) is 4.17. The molecule has 0 saturated heterocycles. The van der Waals surface area contributed by atoms with Crippen LogP contribution < -0.4 is 5.32 Å². The second-order valence-corrected chi connectivity index (χ2v) is 5.51. The third kappa shape index (κ3) is 6.07. The monoisotopic (exact) mass is 282 g/mol. The van der Waals surface area contributed by atoms with Crippen molar-refractivity contribution in [3.05, 3.63) is 30.1 Å². The quantitative estimate of drug-likeness (QED) is 0.765. The molecule has 1 rings (SSSR count). The Kier molecular flexibility index (Phi) is 6.87. The van der Waals surface area contributed by atoms with Crippen molar-refractivity contribution in [3.8, 4) is 0 Å². The van der Waals surface area contributed by atoms with E-state index in [0.717, 1.165) is 11.4 Å². The van der Waals surface area contributed by atoms with Crippen molar-refractivity contribution in [2.24, 2.45) is 0 Å². The number of carbonyl (C=O) groups is 1. The molecule has 0 aromatic carbocycles. The van der Waals surface area contributed by atoms with Crippen LogP contribution in [-0.4, -0.2) is 33.9 Å². The van der Waals surface area contributed by atoms with E-state index in [9.17, 15) is 9.90 Å². The molecule has 0 unspecified atom stereocenters. The molecule has 106 valence electrons. The third-order valence-corrected chi connectivity index (χ3v) is 4.11. The number of aromatic nitrogens is 1. The summed E-state index contributed by atoms with van der Waals surface area (Å²) in [5.74, 6) is 1.07. The van der Waals surface area contributed by atoms with Gasteiger partial charge in [-0.3, -0.25) is 9.78 Å². The first-order valence-electron chi connectivity index (χ1n) is 6.56. The zero-order valence-corrected chi connectivity index (χ0v) is 12.4. The van der Waals surface area contributed by atoms with E-state index < -0.39 is 5.60 Å². The van der Waals surface area contributed by atoms with Crippen LogP contribution in [0, 0.1) is 0 Å². The number of nitrogens with one attached hydrogen (secondary N) is 1. The van der Waals surface area contributed by atoms with E-state index in [2.05, 4.69) is 10.3 Å². The van der Waals surface area contributed by atoms with Crippen molar-refractivity contribution >= 4 is 17.7 Å². The van der Waals surface area contributed by atoms with Crippen molar-refractivity contribution < 1.29 is 9.90 Å². The predicted molar refractivity (Wildman–Crippen MR) is 78.9 cm³/mol. The second-order valence-electron chi connectivity index (χ2n) is 4.52. The van der Waals surface area contributed by atoms with E-state index in [1.54, 1.807) is 6.20 Å². The van der Waals surface area contributed by atoms with Crippen molar-refractivity contribution in [2.75, 3.05) is 12.3 Å². The molecule has 0 aliphatic heterocycles. The van der Waals surface area contributed by atoms with Crippen LogP contribution in [-0.2, 0) is 10.5 Å². The number of amides is 1. The average molecular weight is 282 g/mol. The van der Waals surface area contributed by atoms with Crippen LogP contribution in [0.1, 0.15) is 32.4 Å². The maximum Gasteiger partial charge on any atom is 0.230 e. The first-order chi connectivity index (χ1) is 9.09. The van der Waals surface area contributed by atoms with Gasteiger partial charge in [0.05, 0.1) is 17.0 Å². The highest BCUT2D eigenvalue weighted by molar-refractivity contribution is 7.99. The molecule has 19 heavy (non-hydrogen) atoms. The normalized spacial score (nSPS) is 11.3. The Bertz CT molecular complexity index is 380. The molecule has 1 aromatic heterocycles. The lowest BCUT2D eigenvalue weighted by Gasteiger charge is -2.25. The lowest BCUT2D eigenvalue weighted by molar-refractivity contribution is -0.119. The first kappa shape index (κ1) is 16.0. The summed E-state index contributed by atoms with van der Waals surface area (Å²) < 4.78 is 0. The molecule has 0 atom stereocenters. The molecule has 1 aromatic rings. The van der Waals surface area contributed by atoms with Crippen LogP contribution in [0.2, 0.25) is 0 Å². The average Bonchev–Trinajstić information content (AvgIpc) is 2.46. The van der Waals surface area contributed by atoms with E-state index in [1.807, 2.05) is 32.0 Å². The fraction of sp³-hybridized carbons (Fsp3) is 0.571. The van der Waals surface area contributed by atoms with E-state index in [0.29, 0.717) is 25.1 Å². The van der Waals surface area contributed by atoms with Crippen molar-refractivity contribution in [1.29, 1.82) is 0 Å². The fourth-order valence-electron chi connectivity index (χ4n) is 1.55. The number of hydrogen-bond donors (Lipinski definition) is 2. The molecule has 2 N–H and O–H groups in total. The lowest BCUT2D eigenvalue weighted by atomic mass is 9.98. The van der Waals surface area contributed by atoms with Gasteiger partial charge in [-0.1, -0.05) is 19.9 Å². The molecule has 0 aliphatic carbocycles. The number of carbonyl (C=O) groups excluding carboxylic acids is 1. The molecule has 0 spiro atoms. The number of nitrogens with zero attached hydrogens (tertiary/aromatic N) is 1. The SMILES string of the molecule is CCC(O)(CC)CNC(=O)CSCc1ccccn1. The predicted octanol–water partition coefficient (Wildman–Crippen LogP) is 1.98. The summed E-state index contributed by atoms with van der Waals surface area (Å²) in [6.07, 6.45) is 3.04. The molecular formula is C14H22N2O2S. The minimum absolute atomic E-state index is 0.0405. The Morgan fingerprint density at radius 1 is 1.42 bits per heavy atom. The van der Waals surface area contributed by atoms with E-state index in [-0.39, 0.29) is 5.91 Å². The fourth-order valence-corrected chi connectivity index (χ4v) is 2.32. The number of rotatable bonds is 8. The lowest BCUT2D eigenvalue weighted by Crippen LogP contribution is -2.42. The highest BCUT2D eigenvalue weighted by atomic mass is 32.2. The van der Waals surface area contributed by atoms with E-state index in [1.165, 1.54) is 11.8 Å². The Hall–Kier alpha value is -1.07. The van der Waals surface area contributed by atoms with Gasteiger partial charge >= 0.3 is 0 Å². The zero-order valence-electron chi connectivity index (χ0n) is 11.6. The summed E-state index contributed by atoms with van der Waals surface area (Å²) in [6, 6.07) is 5.75. The molecule has 0 fully saturated rings. The first-order valence-corrected chi connectivity index (χ1v) is 7.72. The summed E-state index contributed by atoms with van der Waals surface area (Å²) in [4.78, 5) is 15.8. The summed E-state index contributed by atoms with van der Waals surface area (Å²) in [5, 5.41) is 12.8. The maximum atomic E-state index is 11.6. The highest BCUT2D eigenvalue weighted by Gasteiger charge is 2.22. The molecular weight excluding hydrogens is 260 g/mol. The van der Waals surface area contributed by atoms with Crippen LogP contribution in [0.3, 0.4) is 0 Å². The van der Waals surface area contributed by atoms with Crippen LogP contribution in [0.25, 0.3) is 0 Å². The minimum Gasteiger partial charge on any atom is -0.388 e. The van der Waals surface area contributed by atoms with Gasteiger partial charge in [0.1, 0.15) is 0 Å². The Morgan fingerprint density at radius 2 is 2.16 bits per heavy atom. The van der Waals surface area contributed by atoms with Gasteiger partial charge in [0, 0.05) is 18.5 Å². The number of pyridine rings is 1. The van der Waals surface area contributed by atoms with Crippen LogP contribution in [0.15, 0.2) is 24.4 Å². The molecule has 0 bridgehead atoms. The standard InChI is InChI=1S/C14H22N2O2S/c1-3-14(18,4-2)11-16-13(17)10-19-9-12-7-5-6-8-15-12/h5-8,18H,3-4,9-11H2,1-2H3,(H,16,17). The van der Waals surface area contributed by atoms with Crippen LogP contribution in [0.5, 0.6) is 0 Å². The smallest absolute Gasteiger partial charge is 0.230 e. The van der Waals surface area contributed by atoms with Gasteiger partial charge in [-0.05, 0) is 25.0 Å². The number of thioether (sulfide) groups is 1. The summed E-state index contributed by atoms with van der Waals surface area (Å²) in [7, 11) is 0. The van der Waals surface area contributed by atoms with E-state index in [4.69, 9.17) is 0 Å². The zero-order chi connectivity index (χ0) is 14.1. The molecule has 1 heterocycles. The Morgan fingerprint density at radius 3 is 2.74 bits per heavy atom. The van der Waals surface area contributed by atoms with Gasteiger partial charge in [0.15, 0.2) is 0 Å². The third-order valence-electron chi connectivity index (χ3n) is 3.14. The summed E-state index contributed by atoms with van der Waals surface area (Å²) in [5.41, 5.74) is 0.195. The molecule has 0 radical (unpaired) electrons. The van der Waals surface area contributed by atoms with Crippen molar-refractivity contribution in [2.45, 2.75) is 38.0 Å². The van der Waals surface area contributed by atoms with Crippen LogP contribution in [0.4, 0.5) is 0 Å². The molecule has 0 saturated carbocycles. The largest absolute Gasteiger partial charge is 0.388 e. The topological polar surface area (TPSA) is 62.2 Å². The summed E-state index contributed by atoms with van der Waals surface area (Å²) >= 11 is 1.52. The molecule has 1 amide bonds. The van der Waals surface area contributed by atoms with Gasteiger partial charge in [-0.15, -0.1) is 11.8 Å². The van der Waals surface area contributed by atoms with Crippen molar-refractivity contribution in [3.63, 3.8) is 0 Å². The van der Waals surface area contributed by atoms with Gasteiger partial charge < -0.3 is 10.4 Å². The maximum absolute atomic E-state index is 11.6. The van der Waals surface area contributed by atoms with Crippen molar-refractivity contribution in [1.82, 2.24) is 10.3 Å². The van der Waals surface area contributed by atoms with Gasteiger partial charge in [0.2, 0.25) is 5.91 Å². The Labute approximate surface area is 119 Å². The van der Waals surface area contributed by atoms with Crippen LogP contribution >= 0.6 is 11.8 Å². The molecule has 0 aliphatic rings. The van der Waals surface area contributed by atoms with Gasteiger partial charge in [0.25, 0.3) is 0 Å². The number of aliphatic hydroxyl groups is 1. The van der Waals surface area contributed by atoms with Gasteiger partial charge in [-0.2, -0.15) is 0 Å². The Balaban J connectivity index is 2.22.